The van der Waals surface area contributed by atoms with Crippen LogP contribution in [0.5, 0.6) is 0 Å². The Morgan fingerprint density at radius 3 is 2.93 bits per heavy atom. The first-order valence-electron chi connectivity index (χ1n) is 10.5. The molecule has 2 aliphatic heterocycles. The van der Waals surface area contributed by atoms with Crippen molar-refractivity contribution in [2.45, 2.75) is 44.6 Å². The van der Waals surface area contributed by atoms with Crippen LogP contribution in [0.25, 0.3) is 0 Å². The Bertz CT molecular complexity index is 662. The van der Waals surface area contributed by atoms with Crippen molar-refractivity contribution >= 4 is 6.03 Å². The highest BCUT2D eigenvalue weighted by Crippen LogP contribution is 2.58. The van der Waals surface area contributed by atoms with Gasteiger partial charge in [0.15, 0.2) is 0 Å². The van der Waals surface area contributed by atoms with Gasteiger partial charge < -0.3 is 19.9 Å². The lowest BCUT2D eigenvalue weighted by Crippen LogP contribution is -2.42. The minimum absolute atomic E-state index is 0.112. The summed E-state index contributed by atoms with van der Waals surface area (Å²) in [5.41, 5.74) is 2.93. The zero-order valence-electron chi connectivity index (χ0n) is 16.7. The van der Waals surface area contributed by atoms with Gasteiger partial charge in [0.2, 0.25) is 0 Å². The van der Waals surface area contributed by atoms with Gasteiger partial charge in [0.1, 0.15) is 0 Å². The van der Waals surface area contributed by atoms with Gasteiger partial charge in [-0.2, -0.15) is 0 Å². The number of piperidine rings is 1. The molecule has 0 aromatic heterocycles. The van der Waals surface area contributed by atoms with Gasteiger partial charge in [-0.05, 0) is 51.1 Å². The van der Waals surface area contributed by atoms with E-state index in [-0.39, 0.29) is 11.4 Å². The van der Waals surface area contributed by atoms with Gasteiger partial charge in [-0.15, -0.1) is 0 Å². The van der Waals surface area contributed by atoms with Crippen LogP contribution in [-0.4, -0.2) is 67.8 Å². The van der Waals surface area contributed by atoms with Crippen LogP contribution < -0.4 is 5.32 Å². The van der Waals surface area contributed by atoms with E-state index in [0.29, 0.717) is 12.0 Å². The third kappa shape index (κ3) is 4.14. The van der Waals surface area contributed by atoms with Crippen LogP contribution in [0.3, 0.4) is 0 Å². The Morgan fingerprint density at radius 1 is 1.30 bits per heavy atom. The number of ether oxygens (including phenoxy) is 1. The molecule has 27 heavy (non-hydrogen) atoms. The molecule has 1 aromatic carbocycles. The average Bonchev–Trinajstić information content (AvgIpc) is 3.29. The maximum Gasteiger partial charge on any atom is 0.317 e. The standard InChI is InChI=1S/C22H33N3O2/c1-17-5-7-19(8-6-17)22-13-20(22)15-25(16-22)21(26)23-9-3-10-24-11-4-12-27-18(2)14-24/h5-8,18,20H,3-4,9-16H2,1-2H3,(H,23,26)/t18?,20-,22+/m0/s1. The van der Waals surface area contributed by atoms with E-state index < -0.39 is 0 Å². The van der Waals surface area contributed by atoms with Crippen LogP contribution in [0.4, 0.5) is 4.79 Å². The maximum atomic E-state index is 12.6. The Hall–Kier alpha value is -1.59. The minimum Gasteiger partial charge on any atom is -0.377 e. The summed E-state index contributed by atoms with van der Waals surface area (Å²) in [4.78, 5) is 17.1. The lowest BCUT2D eigenvalue weighted by atomic mass is 9.94. The highest BCUT2D eigenvalue weighted by Gasteiger charge is 2.61. The number of hydrogen-bond donors (Lipinski definition) is 1. The van der Waals surface area contributed by atoms with Crippen molar-refractivity contribution in [2.75, 3.05) is 45.9 Å². The molecule has 1 aliphatic carbocycles. The fraction of sp³-hybridized carbons (Fsp3) is 0.682. The summed E-state index contributed by atoms with van der Waals surface area (Å²) >= 11 is 0. The third-order valence-corrected chi connectivity index (χ3v) is 6.52. The number of aryl methyl sites for hydroxylation is 1. The summed E-state index contributed by atoms with van der Waals surface area (Å²) in [6.07, 6.45) is 3.65. The number of nitrogens with zero attached hydrogens (tertiary/aromatic N) is 2. The van der Waals surface area contributed by atoms with E-state index in [0.717, 1.165) is 58.7 Å². The molecule has 2 heterocycles. The number of amides is 2. The van der Waals surface area contributed by atoms with Crippen molar-refractivity contribution in [3.8, 4) is 0 Å². The van der Waals surface area contributed by atoms with Gasteiger partial charge in [0.25, 0.3) is 0 Å². The van der Waals surface area contributed by atoms with Crippen LogP contribution in [0.1, 0.15) is 37.3 Å². The quantitative estimate of drug-likeness (QED) is 0.810. The van der Waals surface area contributed by atoms with Crippen LogP contribution in [-0.2, 0) is 10.2 Å². The minimum atomic E-state index is 0.112. The number of nitrogens with one attached hydrogen (secondary N) is 1. The normalized spacial score (nSPS) is 30.7. The topological polar surface area (TPSA) is 44.8 Å². The number of benzene rings is 1. The van der Waals surface area contributed by atoms with E-state index in [1.807, 2.05) is 4.90 Å². The number of fused-ring (bicyclic) bond motifs is 1. The molecule has 0 radical (unpaired) electrons. The second-order valence-electron chi connectivity index (χ2n) is 8.72. The van der Waals surface area contributed by atoms with E-state index >= 15 is 0 Å². The molecule has 5 nitrogen and oxygen atoms in total. The summed E-state index contributed by atoms with van der Waals surface area (Å²) in [6.45, 7) is 10.8. The Kier molecular flexibility index (Phi) is 5.42. The fourth-order valence-electron chi connectivity index (χ4n) is 4.86. The van der Waals surface area contributed by atoms with Crippen LogP contribution >= 0.6 is 0 Å². The zero-order chi connectivity index (χ0) is 18.9. The maximum absolute atomic E-state index is 12.6. The van der Waals surface area contributed by atoms with Crippen molar-refractivity contribution in [3.05, 3.63) is 35.4 Å². The summed E-state index contributed by atoms with van der Waals surface area (Å²) in [7, 11) is 0. The highest BCUT2D eigenvalue weighted by molar-refractivity contribution is 5.75. The van der Waals surface area contributed by atoms with E-state index in [4.69, 9.17) is 4.74 Å². The number of likely N-dealkylation sites (tertiary alicyclic amines) is 1. The number of hydrogen-bond acceptors (Lipinski definition) is 3. The molecule has 3 aliphatic rings. The number of rotatable bonds is 5. The molecule has 3 atom stereocenters. The first-order chi connectivity index (χ1) is 13.1. The molecule has 1 saturated carbocycles. The van der Waals surface area contributed by atoms with Crippen molar-refractivity contribution in [1.29, 1.82) is 0 Å². The molecular formula is C22H33N3O2. The largest absolute Gasteiger partial charge is 0.377 e. The Labute approximate surface area is 163 Å². The van der Waals surface area contributed by atoms with Crippen molar-refractivity contribution in [1.82, 2.24) is 15.1 Å². The fourth-order valence-corrected chi connectivity index (χ4v) is 4.86. The molecule has 2 amide bonds. The molecule has 1 N–H and O–H groups in total. The molecule has 0 spiro atoms. The Morgan fingerprint density at radius 2 is 2.11 bits per heavy atom. The molecule has 3 fully saturated rings. The summed E-state index contributed by atoms with van der Waals surface area (Å²) < 4.78 is 5.69. The molecule has 4 rings (SSSR count). The van der Waals surface area contributed by atoms with Gasteiger partial charge in [-0.1, -0.05) is 29.8 Å². The highest BCUT2D eigenvalue weighted by atomic mass is 16.5. The van der Waals surface area contributed by atoms with Crippen molar-refractivity contribution in [3.63, 3.8) is 0 Å². The lowest BCUT2D eigenvalue weighted by molar-refractivity contribution is 0.0676. The van der Waals surface area contributed by atoms with Gasteiger partial charge in [-0.25, -0.2) is 4.79 Å². The van der Waals surface area contributed by atoms with Crippen molar-refractivity contribution in [2.24, 2.45) is 5.92 Å². The second kappa shape index (κ2) is 7.80. The van der Waals surface area contributed by atoms with E-state index in [9.17, 15) is 4.79 Å². The number of urea groups is 1. The molecule has 1 aromatic rings. The number of carbonyl (C=O) groups excluding carboxylic acids is 1. The summed E-state index contributed by atoms with van der Waals surface area (Å²) in [6, 6.07) is 9.00. The first kappa shape index (κ1) is 18.8. The van der Waals surface area contributed by atoms with E-state index in [1.54, 1.807) is 0 Å². The van der Waals surface area contributed by atoms with Gasteiger partial charge in [0.05, 0.1) is 6.10 Å². The van der Waals surface area contributed by atoms with E-state index in [1.165, 1.54) is 17.5 Å². The molecule has 2 saturated heterocycles. The third-order valence-electron chi connectivity index (χ3n) is 6.52. The zero-order valence-corrected chi connectivity index (χ0v) is 16.7. The molecule has 148 valence electrons. The second-order valence-corrected chi connectivity index (χ2v) is 8.72. The summed E-state index contributed by atoms with van der Waals surface area (Å²) in [5, 5.41) is 3.14. The average molecular weight is 372 g/mol. The molecule has 5 heteroatoms. The molecule has 1 unspecified atom stereocenters. The summed E-state index contributed by atoms with van der Waals surface area (Å²) in [5.74, 6) is 0.643. The predicted molar refractivity (Wildman–Crippen MR) is 107 cm³/mol. The SMILES string of the molecule is Cc1ccc([C@]23C[C@H]2CN(C(=O)NCCCN2CCCOC(C)C2)C3)cc1. The first-order valence-corrected chi connectivity index (χ1v) is 10.5. The molecule has 0 bridgehead atoms. The monoisotopic (exact) mass is 371 g/mol. The lowest BCUT2D eigenvalue weighted by Gasteiger charge is -2.23. The van der Waals surface area contributed by atoms with Crippen LogP contribution in [0.15, 0.2) is 24.3 Å². The van der Waals surface area contributed by atoms with Crippen LogP contribution in [0.2, 0.25) is 0 Å². The smallest absolute Gasteiger partial charge is 0.317 e. The van der Waals surface area contributed by atoms with Crippen LogP contribution in [0, 0.1) is 12.8 Å². The van der Waals surface area contributed by atoms with Gasteiger partial charge >= 0.3 is 6.03 Å². The molecular weight excluding hydrogens is 338 g/mol. The van der Waals surface area contributed by atoms with E-state index in [2.05, 4.69) is 48.3 Å². The predicted octanol–water partition coefficient (Wildman–Crippen LogP) is 2.78. The number of carbonyl (C=O) groups is 1. The Balaban J connectivity index is 1.20. The van der Waals surface area contributed by atoms with Gasteiger partial charge in [-0.3, -0.25) is 0 Å². The van der Waals surface area contributed by atoms with Gasteiger partial charge in [0, 0.05) is 44.7 Å². The van der Waals surface area contributed by atoms with Crippen molar-refractivity contribution < 1.29 is 9.53 Å².